The third-order valence-corrected chi connectivity index (χ3v) is 4.74. The van der Waals surface area contributed by atoms with Gasteiger partial charge < -0.3 is 10.8 Å². The average Bonchev–Trinajstić information content (AvgIpc) is 2.77. The Kier molecular flexibility index (Phi) is 3.38. The number of benzene rings is 1. The predicted molar refractivity (Wildman–Crippen MR) is 64.3 cm³/mol. The molecule has 98 valence electrons. The van der Waals surface area contributed by atoms with Crippen molar-refractivity contribution in [1.29, 1.82) is 0 Å². The zero-order valence-corrected chi connectivity index (χ0v) is 10.4. The number of nitrogens with zero attached hydrogens (tertiary/aromatic N) is 1. The van der Waals surface area contributed by atoms with Gasteiger partial charge in [-0.25, -0.2) is 8.42 Å². The fourth-order valence-electron chi connectivity index (χ4n) is 1.89. The van der Waals surface area contributed by atoms with Crippen molar-refractivity contribution in [3.63, 3.8) is 0 Å². The molecule has 1 aliphatic rings. The van der Waals surface area contributed by atoms with Crippen LogP contribution in [0.4, 0.5) is 0 Å². The first-order valence-corrected chi connectivity index (χ1v) is 6.93. The largest absolute Gasteiger partial charge is 0.392 e. The van der Waals surface area contributed by atoms with Gasteiger partial charge in [-0.05, 0) is 24.6 Å². The highest BCUT2D eigenvalue weighted by molar-refractivity contribution is 7.89. The van der Waals surface area contributed by atoms with E-state index in [-0.39, 0.29) is 23.5 Å². The molecule has 1 unspecified atom stereocenters. The molecule has 1 amide bonds. The van der Waals surface area contributed by atoms with Gasteiger partial charge in [0.2, 0.25) is 15.9 Å². The number of primary amides is 1. The molecule has 1 fully saturated rings. The maximum Gasteiger partial charge on any atom is 0.248 e. The standard InChI is InChI=1S/C11H14N2O4S/c12-11(15)8-2-1-3-10(6-8)18(16,17)13-5-4-9(14)7-13/h1-3,6,9,14H,4-5,7H2,(H2,12,15). The summed E-state index contributed by atoms with van der Waals surface area (Å²) in [5, 5.41) is 9.37. The van der Waals surface area contributed by atoms with E-state index >= 15 is 0 Å². The summed E-state index contributed by atoms with van der Waals surface area (Å²) in [4.78, 5) is 11.0. The Morgan fingerprint density at radius 1 is 1.44 bits per heavy atom. The summed E-state index contributed by atoms with van der Waals surface area (Å²) >= 11 is 0. The highest BCUT2D eigenvalue weighted by atomic mass is 32.2. The maximum absolute atomic E-state index is 12.2. The van der Waals surface area contributed by atoms with Crippen LogP contribution in [0.1, 0.15) is 16.8 Å². The zero-order valence-electron chi connectivity index (χ0n) is 9.61. The van der Waals surface area contributed by atoms with Crippen molar-refractivity contribution in [3.8, 4) is 0 Å². The van der Waals surface area contributed by atoms with Crippen molar-refractivity contribution in [2.75, 3.05) is 13.1 Å². The molecule has 18 heavy (non-hydrogen) atoms. The molecule has 1 aromatic rings. The highest BCUT2D eigenvalue weighted by Crippen LogP contribution is 2.21. The molecule has 3 N–H and O–H groups in total. The summed E-state index contributed by atoms with van der Waals surface area (Å²) < 4.78 is 25.6. The number of carbonyl (C=O) groups excluding carboxylic acids is 1. The second-order valence-electron chi connectivity index (χ2n) is 4.20. The summed E-state index contributed by atoms with van der Waals surface area (Å²) in [5.74, 6) is -0.673. The van der Waals surface area contributed by atoms with Crippen LogP contribution in [-0.4, -0.2) is 42.9 Å². The first-order valence-electron chi connectivity index (χ1n) is 5.49. The number of hydrogen-bond acceptors (Lipinski definition) is 4. The quantitative estimate of drug-likeness (QED) is 0.776. The molecule has 1 heterocycles. The lowest BCUT2D eigenvalue weighted by atomic mass is 10.2. The predicted octanol–water partition coefficient (Wildman–Crippen LogP) is -0.459. The molecule has 0 saturated carbocycles. The Balaban J connectivity index is 2.35. The molecule has 1 saturated heterocycles. The van der Waals surface area contributed by atoms with Gasteiger partial charge >= 0.3 is 0 Å². The van der Waals surface area contributed by atoms with E-state index in [1.54, 1.807) is 0 Å². The van der Waals surface area contributed by atoms with Crippen LogP contribution in [0.25, 0.3) is 0 Å². The molecular weight excluding hydrogens is 256 g/mol. The van der Waals surface area contributed by atoms with Crippen molar-refractivity contribution in [1.82, 2.24) is 4.31 Å². The zero-order chi connectivity index (χ0) is 13.3. The fraction of sp³-hybridized carbons (Fsp3) is 0.364. The molecule has 1 aliphatic heterocycles. The molecule has 1 atom stereocenters. The van der Waals surface area contributed by atoms with Crippen LogP contribution in [0, 0.1) is 0 Å². The molecule has 6 nitrogen and oxygen atoms in total. The number of rotatable bonds is 3. The first-order chi connectivity index (χ1) is 8.41. The SMILES string of the molecule is NC(=O)c1cccc(S(=O)(=O)N2CCC(O)C2)c1. The van der Waals surface area contributed by atoms with Crippen LogP contribution < -0.4 is 5.73 Å². The minimum atomic E-state index is -3.66. The van der Waals surface area contributed by atoms with Crippen molar-refractivity contribution in [2.24, 2.45) is 5.73 Å². The molecule has 2 rings (SSSR count). The summed E-state index contributed by atoms with van der Waals surface area (Å²) in [6, 6.07) is 5.59. The van der Waals surface area contributed by atoms with Crippen LogP contribution in [-0.2, 0) is 10.0 Å². The minimum Gasteiger partial charge on any atom is -0.392 e. The van der Waals surface area contributed by atoms with Gasteiger partial charge in [0, 0.05) is 18.7 Å². The number of β-amino-alcohol motifs (C(OH)–C–C–N with tert-alkyl or cyclic N) is 1. The van der Waals surface area contributed by atoms with Crippen molar-refractivity contribution < 1.29 is 18.3 Å². The van der Waals surface area contributed by atoms with E-state index in [4.69, 9.17) is 5.73 Å². The van der Waals surface area contributed by atoms with Gasteiger partial charge in [-0.15, -0.1) is 0 Å². The second kappa shape index (κ2) is 4.68. The number of carbonyl (C=O) groups is 1. The number of hydrogen-bond donors (Lipinski definition) is 2. The number of aliphatic hydroxyl groups is 1. The number of nitrogens with two attached hydrogens (primary N) is 1. The number of aliphatic hydroxyl groups excluding tert-OH is 1. The van der Waals surface area contributed by atoms with Gasteiger partial charge in [0.15, 0.2) is 0 Å². The normalized spacial score (nSPS) is 21.1. The maximum atomic E-state index is 12.2. The molecular formula is C11H14N2O4S. The Labute approximate surface area is 105 Å². The van der Waals surface area contributed by atoms with Crippen molar-refractivity contribution >= 4 is 15.9 Å². The summed E-state index contributed by atoms with van der Waals surface area (Å²) in [5.41, 5.74) is 5.26. The lowest BCUT2D eigenvalue weighted by Gasteiger charge is -2.15. The van der Waals surface area contributed by atoms with Crippen LogP contribution >= 0.6 is 0 Å². The van der Waals surface area contributed by atoms with Crippen LogP contribution in [0.3, 0.4) is 0 Å². The van der Waals surface area contributed by atoms with E-state index in [0.29, 0.717) is 6.42 Å². The topological polar surface area (TPSA) is 101 Å². The van der Waals surface area contributed by atoms with Gasteiger partial charge in [0.05, 0.1) is 11.0 Å². The van der Waals surface area contributed by atoms with E-state index in [1.165, 1.54) is 28.6 Å². The Hall–Kier alpha value is -1.44. The van der Waals surface area contributed by atoms with Gasteiger partial charge in [-0.2, -0.15) is 4.31 Å². The van der Waals surface area contributed by atoms with Crippen LogP contribution in [0.5, 0.6) is 0 Å². The third-order valence-electron chi connectivity index (χ3n) is 2.88. The first kappa shape index (κ1) is 13.0. The van der Waals surface area contributed by atoms with Gasteiger partial charge in [-0.1, -0.05) is 6.07 Å². The van der Waals surface area contributed by atoms with Gasteiger partial charge in [0.1, 0.15) is 0 Å². The smallest absolute Gasteiger partial charge is 0.248 e. The molecule has 0 aromatic heterocycles. The second-order valence-corrected chi connectivity index (χ2v) is 6.14. The fourth-order valence-corrected chi connectivity index (χ4v) is 3.43. The van der Waals surface area contributed by atoms with E-state index < -0.39 is 22.0 Å². The van der Waals surface area contributed by atoms with Crippen molar-refractivity contribution in [2.45, 2.75) is 17.4 Å². The molecule has 0 aliphatic carbocycles. The Morgan fingerprint density at radius 2 is 2.17 bits per heavy atom. The summed E-state index contributed by atoms with van der Waals surface area (Å²) in [7, 11) is -3.66. The number of sulfonamides is 1. The molecule has 0 radical (unpaired) electrons. The minimum absolute atomic E-state index is 0.0212. The van der Waals surface area contributed by atoms with Crippen molar-refractivity contribution in [3.05, 3.63) is 29.8 Å². The average molecular weight is 270 g/mol. The summed E-state index contributed by atoms with van der Waals surface area (Å²) in [6.07, 6.45) is -0.200. The highest BCUT2D eigenvalue weighted by Gasteiger charge is 2.31. The van der Waals surface area contributed by atoms with Crippen LogP contribution in [0.15, 0.2) is 29.2 Å². The molecule has 7 heteroatoms. The lowest BCUT2D eigenvalue weighted by Crippen LogP contribution is -2.30. The molecule has 1 aromatic carbocycles. The molecule has 0 spiro atoms. The lowest BCUT2D eigenvalue weighted by molar-refractivity contribution is 0.1000. The monoisotopic (exact) mass is 270 g/mol. The van der Waals surface area contributed by atoms with E-state index in [1.807, 2.05) is 0 Å². The van der Waals surface area contributed by atoms with E-state index in [2.05, 4.69) is 0 Å². The Morgan fingerprint density at radius 3 is 2.72 bits per heavy atom. The van der Waals surface area contributed by atoms with Gasteiger partial charge in [-0.3, -0.25) is 4.79 Å². The Bertz CT molecular complexity index is 570. The van der Waals surface area contributed by atoms with E-state index in [9.17, 15) is 18.3 Å². The van der Waals surface area contributed by atoms with Crippen LogP contribution in [0.2, 0.25) is 0 Å². The third kappa shape index (κ3) is 2.38. The molecule has 0 bridgehead atoms. The van der Waals surface area contributed by atoms with Gasteiger partial charge in [0.25, 0.3) is 0 Å². The van der Waals surface area contributed by atoms with E-state index in [0.717, 1.165) is 0 Å². The summed E-state index contributed by atoms with van der Waals surface area (Å²) in [6.45, 7) is 0.368. The number of amides is 1.